The lowest BCUT2D eigenvalue weighted by atomic mass is 9.68. The monoisotopic (exact) mass is 404 g/mol. The number of benzene rings is 2. The molecule has 0 radical (unpaired) electrons. The molecule has 3 aromatic rings. The molecule has 5 rings (SSSR count). The Balaban J connectivity index is 2.03. The van der Waals surface area contributed by atoms with Crippen LogP contribution in [0.5, 0.6) is 5.75 Å². The molecule has 0 saturated heterocycles. The van der Waals surface area contributed by atoms with E-state index in [1.165, 1.54) is 12.0 Å². The largest absolute Gasteiger partial charge is 0.465 e. The van der Waals surface area contributed by atoms with Crippen LogP contribution < -0.4 is 21.0 Å². The highest BCUT2D eigenvalue weighted by molar-refractivity contribution is 6.21. The second-order valence-corrected chi connectivity index (χ2v) is 7.05. The quantitative estimate of drug-likeness (QED) is 0.486. The number of carbonyl (C=O) groups excluding carboxylic acids is 2. The lowest BCUT2D eigenvalue weighted by Gasteiger charge is -2.34. The maximum absolute atomic E-state index is 13.9. The second-order valence-electron chi connectivity index (χ2n) is 7.05. The van der Waals surface area contributed by atoms with Crippen molar-refractivity contribution >= 4 is 28.5 Å². The van der Waals surface area contributed by atoms with Gasteiger partial charge in [0.15, 0.2) is 0 Å². The van der Waals surface area contributed by atoms with Gasteiger partial charge in [-0.1, -0.05) is 30.3 Å². The number of nitrogens with zero attached hydrogens (tertiary/aromatic N) is 1. The number of para-hydroxylation sites is 2. The topological polar surface area (TPSA) is 112 Å². The molecule has 1 spiro atoms. The predicted molar refractivity (Wildman–Crippen MR) is 107 cm³/mol. The number of rotatable bonds is 1. The number of carbonyl (C=O) groups is 2. The van der Waals surface area contributed by atoms with E-state index in [0.29, 0.717) is 22.2 Å². The Kier molecular flexibility index (Phi) is 3.58. The smallest absolute Gasteiger partial charge is 0.343 e. The maximum Gasteiger partial charge on any atom is 0.343 e. The third-order valence-corrected chi connectivity index (χ3v) is 5.64. The summed E-state index contributed by atoms with van der Waals surface area (Å²) in [4.78, 5) is 41.3. The van der Waals surface area contributed by atoms with E-state index in [1.54, 1.807) is 55.6 Å². The minimum atomic E-state index is -1.85. The van der Waals surface area contributed by atoms with E-state index >= 15 is 0 Å². The Bertz CT molecular complexity index is 1360. The van der Waals surface area contributed by atoms with Crippen molar-refractivity contribution < 1.29 is 23.5 Å². The number of anilines is 1. The van der Waals surface area contributed by atoms with Crippen molar-refractivity contribution in [1.29, 1.82) is 0 Å². The minimum Gasteiger partial charge on any atom is -0.465 e. The van der Waals surface area contributed by atoms with Gasteiger partial charge in [-0.3, -0.25) is 4.79 Å². The van der Waals surface area contributed by atoms with Crippen LogP contribution in [0.1, 0.15) is 11.1 Å². The normalized spacial score (nSPS) is 19.7. The third-order valence-electron chi connectivity index (χ3n) is 5.64. The highest BCUT2D eigenvalue weighted by atomic mass is 16.5. The molecule has 3 heterocycles. The molecule has 0 bridgehead atoms. The Morgan fingerprint density at radius 3 is 2.57 bits per heavy atom. The van der Waals surface area contributed by atoms with Gasteiger partial charge in [-0.25, -0.2) is 9.59 Å². The summed E-state index contributed by atoms with van der Waals surface area (Å²) in [5.41, 5.74) is 4.28. The van der Waals surface area contributed by atoms with Crippen molar-refractivity contribution in [2.24, 2.45) is 5.73 Å². The number of hydrogen-bond acceptors (Lipinski definition) is 7. The second kappa shape index (κ2) is 5.96. The summed E-state index contributed by atoms with van der Waals surface area (Å²) in [6, 6.07) is 13.5. The van der Waals surface area contributed by atoms with Crippen LogP contribution >= 0.6 is 0 Å². The zero-order chi connectivity index (χ0) is 21.2. The van der Waals surface area contributed by atoms with Crippen LogP contribution in [-0.2, 0) is 19.7 Å². The average molecular weight is 404 g/mol. The Morgan fingerprint density at radius 2 is 1.80 bits per heavy atom. The molecule has 2 aromatic carbocycles. The first kappa shape index (κ1) is 18.0. The molecule has 0 aliphatic carbocycles. The predicted octanol–water partition coefficient (Wildman–Crippen LogP) is 1.79. The van der Waals surface area contributed by atoms with E-state index in [9.17, 15) is 14.4 Å². The molecule has 2 aliphatic rings. The molecule has 8 heteroatoms. The number of fused-ring (bicyclic) bond motifs is 6. The highest BCUT2D eigenvalue weighted by Gasteiger charge is 2.62. The number of likely N-dealkylation sites (N-methyl/N-ethyl adjacent to an activating group) is 1. The number of nitrogens with two attached hydrogens (primary N) is 1. The first-order valence-electron chi connectivity index (χ1n) is 9.13. The van der Waals surface area contributed by atoms with Crippen molar-refractivity contribution in [2.75, 3.05) is 19.1 Å². The summed E-state index contributed by atoms with van der Waals surface area (Å²) in [5.74, 6) is -1.43. The van der Waals surface area contributed by atoms with Gasteiger partial charge >= 0.3 is 11.6 Å². The molecule has 2 aliphatic heterocycles. The fraction of sp³-hybridized carbons (Fsp3) is 0.136. The molecule has 8 nitrogen and oxygen atoms in total. The number of ether oxygens (including phenoxy) is 2. The number of methoxy groups -OCH3 is 1. The maximum atomic E-state index is 13.9. The van der Waals surface area contributed by atoms with Crippen LogP contribution in [0.15, 0.2) is 69.2 Å². The molecular formula is C22H16N2O6. The summed E-state index contributed by atoms with van der Waals surface area (Å²) in [5, 5.41) is 0.562. The van der Waals surface area contributed by atoms with Crippen molar-refractivity contribution in [1.82, 2.24) is 0 Å². The van der Waals surface area contributed by atoms with Gasteiger partial charge in [-0.2, -0.15) is 0 Å². The molecule has 30 heavy (non-hydrogen) atoms. The van der Waals surface area contributed by atoms with Gasteiger partial charge in [0, 0.05) is 18.0 Å². The first-order valence-corrected chi connectivity index (χ1v) is 9.13. The highest BCUT2D eigenvalue weighted by Crippen LogP contribution is 2.55. The van der Waals surface area contributed by atoms with Gasteiger partial charge in [0.25, 0.3) is 0 Å². The summed E-state index contributed by atoms with van der Waals surface area (Å²) in [7, 11) is 2.72. The van der Waals surface area contributed by atoms with Gasteiger partial charge in [-0.15, -0.1) is 0 Å². The van der Waals surface area contributed by atoms with Gasteiger partial charge in [0.05, 0.1) is 18.4 Å². The van der Waals surface area contributed by atoms with Crippen molar-refractivity contribution in [2.45, 2.75) is 5.41 Å². The zero-order valence-electron chi connectivity index (χ0n) is 16.1. The lowest BCUT2D eigenvalue weighted by molar-refractivity contribution is -0.138. The van der Waals surface area contributed by atoms with Gasteiger partial charge in [0.2, 0.25) is 11.8 Å². The molecule has 0 fully saturated rings. The van der Waals surface area contributed by atoms with E-state index in [-0.39, 0.29) is 22.8 Å². The third kappa shape index (κ3) is 1.97. The SMILES string of the molecule is COC(=O)C1=C(N)Oc2ccccc2C12C(=O)N(C)c1c2c(=O)oc2ccccc12. The fourth-order valence-corrected chi connectivity index (χ4v) is 4.46. The van der Waals surface area contributed by atoms with Gasteiger partial charge < -0.3 is 24.5 Å². The molecule has 150 valence electrons. The Labute approximate surface area is 170 Å². The summed E-state index contributed by atoms with van der Waals surface area (Å²) >= 11 is 0. The van der Waals surface area contributed by atoms with Crippen LogP contribution in [-0.4, -0.2) is 26.0 Å². The Hall–Kier alpha value is -4.07. The average Bonchev–Trinajstić information content (AvgIpc) is 2.97. The van der Waals surface area contributed by atoms with Gasteiger partial charge in [0.1, 0.15) is 22.3 Å². The zero-order valence-corrected chi connectivity index (χ0v) is 16.1. The molecule has 1 aromatic heterocycles. The van der Waals surface area contributed by atoms with Crippen molar-refractivity contribution in [3.05, 3.63) is 81.5 Å². The van der Waals surface area contributed by atoms with E-state index in [0.717, 1.165) is 0 Å². The van der Waals surface area contributed by atoms with Crippen molar-refractivity contribution in [3.63, 3.8) is 0 Å². The summed E-state index contributed by atoms with van der Waals surface area (Å²) < 4.78 is 16.1. The van der Waals surface area contributed by atoms with E-state index in [1.807, 2.05) is 0 Å². The molecule has 1 amide bonds. The molecule has 1 unspecified atom stereocenters. The Morgan fingerprint density at radius 1 is 1.10 bits per heavy atom. The summed E-state index contributed by atoms with van der Waals surface area (Å²) in [6.07, 6.45) is 0. The molecule has 0 saturated carbocycles. The molecule has 1 atom stereocenters. The van der Waals surface area contributed by atoms with Crippen LogP contribution in [0.25, 0.3) is 11.0 Å². The number of amides is 1. The van der Waals surface area contributed by atoms with E-state index in [2.05, 4.69) is 0 Å². The van der Waals surface area contributed by atoms with Gasteiger partial charge in [-0.05, 0) is 18.2 Å². The first-order chi connectivity index (χ1) is 14.4. The van der Waals surface area contributed by atoms with Crippen LogP contribution in [0.3, 0.4) is 0 Å². The minimum absolute atomic E-state index is 0.00722. The molecule has 2 N–H and O–H groups in total. The van der Waals surface area contributed by atoms with Crippen molar-refractivity contribution in [3.8, 4) is 5.75 Å². The summed E-state index contributed by atoms with van der Waals surface area (Å²) in [6.45, 7) is 0. The molecular weight excluding hydrogens is 388 g/mol. The fourth-order valence-electron chi connectivity index (χ4n) is 4.46. The van der Waals surface area contributed by atoms with Crippen LogP contribution in [0, 0.1) is 0 Å². The van der Waals surface area contributed by atoms with E-state index < -0.39 is 22.9 Å². The standard InChI is InChI=1S/C22H16N2O6/c1-24-17-11-7-3-5-9-13(11)30-20(26)15(17)22(21(24)27)12-8-4-6-10-14(12)29-18(23)16(22)19(25)28-2/h3-10H,23H2,1-2H3. The number of hydrogen-bond donors (Lipinski definition) is 1. The van der Waals surface area contributed by atoms with E-state index in [4.69, 9.17) is 19.6 Å². The lowest BCUT2D eigenvalue weighted by Crippen LogP contribution is -2.49. The van der Waals surface area contributed by atoms with Crippen LogP contribution in [0.4, 0.5) is 5.69 Å². The number of esters is 1. The van der Waals surface area contributed by atoms with Crippen LogP contribution in [0.2, 0.25) is 0 Å².